The first-order valence-corrected chi connectivity index (χ1v) is 10.2. The summed E-state index contributed by atoms with van der Waals surface area (Å²) in [6, 6.07) is 4.03. The van der Waals surface area contributed by atoms with E-state index in [-0.39, 0.29) is 17.7 Å². The van der Waals surface area contributed by atoms with Crippen molar-refractivity contribution in [1.29, 1.82) is 0 Å². The number of piperidine rings is 1. The van der Waals surface area contributed by atoms with Crippen LogP contribution in [0.5, 0.6) is 0 Å². The summed E-state index contributed by atoms with van der Waals surface area (Å²) in [6.07, 6.45) is 11.5. The van der Waals surface area contributed by atoms with Crippen LogP contribution in [0.3, 0.4) is 0 Å². The van der Waals surface area contributed by atoms with Gasteiger partial charge in [-0.2, -0.15) is 0 Å². The first-order valence-electron chi connectivity index (χ1n) is 10.2. The highest BCUT2D eigenvalue weighted by molar-refractivity contribution is 5.80. The Morgan fingerprint density at radius 3 is 2.79 bits per heavy atom. The standard InChI is InChI=1S/C21H27N5O2/c27-19-4-2-11-24(19)13-7-20(28)25-12-1-3-18(16-25)21-23-10-14-26(21)15-17-5-8-22-9-6-17/h5-6,8-10,14,18H,1-4,7,11-13,15-16H2. The number of rotatable bonds is 6. The Morgan fingerprint density at radius 1 is 1.14 bits per heavy atom. The fourth-order valence-electron chi connectivity index (χ4n) is 4.24. The SMILES string of the molecule is O=C1CCCN1CCC(=O)N1CCCC(c2nccn2Cc2ccncc2)C1. The molecule has 148 valence electrons. The molecule has 28 heavy (non-hydrogen) atoms. The summed E-state index contributed by atoms with van der Waals surface area (Å²) in [5.74, 6) is 1.63. The molecule has 0 spiro atoms. The van der Waals surface area contributed by atoms with E-state index >= 15 is 0 Å². The van der Waals surface area contributed by atoms with Gasteiger partial charge in [0.2, 0.25) is 11.8 Å². The van der Waals surface area contributed by atoms with Crippen molar-refractivity contribution in [3.8, 4) is 0 Å². The molecule has 2 aromatic rings. The van der Waals surface area contributed by atoms with Crippen LogP contribution >= 0.6 is 0 Å². The van der Waals surface area contributed by atoms with Crippen LogP contribution in [0.2, 0.25) is 0 Å². The van der Waals surface area contributed by atoms with Crippen molar-refractivity contribution in [1.82, 2.24) is 24.3 Å². The van der Waals surface area contributed by atoms with E-state index in [1.165, 1.54) is 5.56 Å². The zero-order valence-electron chi connectivity index (χ0n) is 16.2. The third kappa shape index (κ3) is 4.24. The van der Waals surface area contributed by atoms with Gasteiger partial charge in [-0.05, 0) is 37.0 Å². The second kappa shape index (κ2) is 8.54. The van der Waals surface area contributed by atoms with Crippen LogP contribution in [-0.4, -0.2) is 62.3 Å². The number of amides is 2. The number of imidazole rings is 1. The van der Waals surface area contributed by atoms with Crippen LogP contribution in [0.4, 0.5) is 0 Å². The molecule has 0 aliphatic carbocycles. The molecule has 7 nitrogen and oxygen atoms in total. The molecule has 0 saturated carbocycles. The average molecular weight is 381 g/mol. The molecule has 1 unspecified atom stereocenters. The molecule has 2 fully saturated rings. The highest BCUT2D eigenvalue weighted by atomic mass is 16.2. The lowest BCUT2D eigenvalue weighted by Gasteiger charge is -2.33. The predicted octanol–water partition coefficient (Wildman–Crippen LogP) is 2.04. The van der Waals surface area contributed by atoms with Gasteiger partial charge >= 0.3 is 0 Å². The molecule has 4 rings (SSSR count). The number of likely N-dealkylation sites (tertiary alicyclic amines) is 2. The van der Waals surface area contributed by atoms with E-state index in [4.69, 9.17) is 0 Å². The molecule has 1 atom stereocenters. The molecule has 7 heteroatoms. The van der Waals surface area contributed by atoms with E-state index in [2.05, 4.69) is 14.5 Å². The Bertz CT molecular complexity index is 819. The van der Waals surface area contributed by atoms with Gasteiger partial charge in [-0.15, -0.1) is 0 Å². The molecule has 2 amide bonds. The second-order valence-electron chi connectivity index (χ2n) is 7.68. The van der Waals surface area contributed by atoms with Gasteiger partial charge in [0, 0.05) is 76.3 Å². The monoisotopic (exact) mass is 381 g/mol. The van der Waals surface area contributed by atoms with Gasteiger partial charge in [-0.3, -0.25) is 14.6 Å². The molecule has 2 aliphatic heterocycles. The topological polar surface area (TPSA) is 71.3 Å². The largest absolute Gasteiger partial charge is 0.342 e. The maximum atomic E-state index is 12.7. The fourth-order valence-corrected chi connectivity index (χ4v) is 4.24. The van der Waals surface area contributed by atoms with E-state index in [9.17, 15) is 9.59 Å². The predicted molar refractivity (Wildman–Crippen MR) is 105 cm³/mol. The molecule has 2 aliphatic rings. The Labute approximate surface area is 165 Å². The number of hydrogen-bond acceptors (Lipinski definition) is 4. The van der Waals surface area contributed by atoms with Gasteiger partial charge in [0.25, 0.3) is 0 Å². The second-order valence-corrected chi connectivity index (χ2v) is 7.68. The van der Waals surface area contributed by atoms with Gasteiger partial charge < -0.3 is 14.4 Å². The fraction of sp³-hybridized carbons (Fsp3) is 0.524. The summed E-state index contributed by atoms with van der Waals surface area (Å²) in [5.41, 5.74) is 1.19. The van der Waals surface area contributed by atoms with Crippen molar-refractivity contribution in [3.63, 3.8) is 0 Å². The molecule has 2 aromatic heterocycles. The molecule has 0 aromatic carbocycles. The molecule has 2 saturated heterocycles. The highest BCUT2D eigenvalue weighted by Gasteiger charge is 2.28. The van der Waals surface area contributed by atoms with Crippen molar-refractivity contribution >= 4 is 11.8 Å². The maximum Gasteiger partial charge on any atom is 0.224 e. The lowest BCUT2D eigenvalue weighted by molar-refractivity contribution is -0.133. The molecular formula is C21H27N5O2. The number of aromatic nitrogens is 3. The van der Waals surface area contributed by atoms with Gasteiger partial charge in [0.15, 0.2) is 0 Å². The first kappa shape index (κ1) is 18.7. The van der Waals surface area contributed by atoms with E-state index < -0.39 is 0 Å². The zero-order valence-corrected chi connectivity index (χ0v) is 16.2. The molecule has 0 bridgehead atoms. The minimum atomic E-state index is 0.150. The van der Waals surface area contributed by atoms with Crippen molar-refractivity contribution < 1.29 is 9.59 Å². The van der Waals surface area contributed by atoms with Crippen LogP contribution in [0.1, 0.15) is 49.4 Å². The van der Waals surface area contributed by atoms with Gasteiger partial charge in [-0.1, -0.05) is 0 Å². The number of carbonyl (C=O) groups is 2. The van der Waals surface area contributed by atoms with E-state index in [0.717, 1.165) is 44.7 Å². The summed E-state index contributed by atoms with van der Waals surface area (Å²) < 4.78 is 2.18. The number of carbonyl (C=O) groups excluding carboxylic acids is 2. The van der Waals surface area contributed by atoms with Gasteiger partial charge in [0.1, 0.15) is 5.82 Å². The van der Waals surface area contributed by atoms with Gasteiger partial charge in [-0.25, -0.2) is 4.98 Å². The van der Waals surface area contributed by atoms with Crippen LogP contribution < -0.4 is 0 Å². The summed E-state index contributed by atoms with van der Waals surface area (Å²) in [7, 11) is 0. The normalized spacial score (nSPS) is 20.0. The third-order valence-electron chi connectivity index (χ3n) is 5.76. The Hall–Kier alpha value is -2.70. The van der Waals surface area contributed by atoms with E-state index in [0.29, 0.717) is 25.9 Å². The summed E-state index contributed by atoms with van der Waals surface area (Å²) in [5, 5.41) is 0. The van der Waals surface area contributed by atoms with Crippen molar-refractivity contribution in [2.45, 2.75) is 44.6 Å². The minimum absolute atomic E-state index is 0.150. The zero-order chi connectivity index (χ0) is 19.3. The number of pyridine rings is 1. The average Bonchev–Trinajstić information content (AvgIpc) is 3.36. The molecule has 0 radical (unpaired) electrons. The Kier molecular flexibility index (Phi) is 5.69. The lowest BCUT2D eigenvalue weighted by Crippen LogP contribution is -2.41. The summed E-state index contributed by atoms with van der Waals surface area (Å²) in [6.45, 7) is 3.62. The van der Waals surface area contributed by atoms with Gasteiger partial charge in [0.05, 0.1) is 0 Å². The van der Waals surface area contributed by atoms with Crippen LogP contribution in [0.15, 0.2) is 36.9 Å². The Balaban J connectivity index is 1.37. The van der Waals surface area contributed by atoms with Crippen molar-refractivity contribution in [2.75, 3.05) is 26.2 Å². The van der Waals surface area contributed by atoms with Crippen LogP contribution in [0.25, 0.3) is 0 Å². The lowest BCUT2D eigenvalue weighted by atomic mass is 9.96. The maximum absolute atomic E-state index is 12.7. The highest BCUT2D eigenvalue weighted by Crippen LogP contribution is 2.27. The van der Waals surface area contributed by atoms with Crippen molar-refractivity contribution in [3.05, 3.63) is 48.3 Å². The quantitative estimate of drug-likeness (QED) is 0.768. The third-order valence-corrected chi connectivity index (χ3v) is 5.76. The van der Waals surface area contributed by atoms with Crippen LogP contribution in [0, 0.1) is 0 Å². The molecule has 4 heterocycles. The van der Waals surface area contributed by atoms with E-state index in [1.54, 1.807) is 12.4 Å². The summed E-state index contributed by atoms with van der Waals surface area (Å²) >= 11 is 0. The summed E-state index contributed by atoms with van der Waals surface area (Å²) in [4.78, 5) is 36.9. The number of hydrogen-bond donors (Lipinski definition) is 0. The molecular weight excluding hydrogens is 354 g/mol. The minimum Gasteiger partial charge on any atom is -0.342 e. The first-order chi connectivity index (χ1) is 13.7. The number of nitrogens with zero attached hydrogens (tertiary/aromatic N) is 5. The molecule has 0 N–H and O–H groups in total. The Morgan fingerprint density at radius 2 is 2.00 bits per heavy atom. The van der Waals surface area contributed by atoms with E-state index in [1.807, 2.05) is 34.3 Å². The van der Waals surface area contributed by atoms with Crippen LogP contribution in [-0.2, 0) is 16.1 Å². The smallest absolute Gasteiger partial charge is 0.224 e. The van der Waals surface area contributed by atoms with Crippen molar-refractivity contribution in [2.24, 2.45) is 0 Å².